The fraction of sp³-hybridized carbons (Fsp3) is 0.429. The van der Waals surface area contributed by atoms with Gasteiger partial charge in [0.1, 0.15) is 0 Å². The third kappa shape index (κ3) is 15.8. The Hall–Kier alpha value is -1.52. The number of urea groups is 1. The highest BCUT2D eigenvalue weighted by Gasteiger charge is 1.95. The van der Waals surface area contributed by atoms with Crippen molar-refractivity contribution in [3.8, 4) is 0 Å². The molecule has 0 aromatic carbocycles. The molecule has 0 spiro atoms. The number of likely N-dealkylation sites (N-methyl/N-ethyl adjacent to an activating group) is 1. The van der Waals surface area contributed by atoms with Crippen LogP contribution in [-0.4, -0.2) is 18.5 Å². The molecule has 0 aromatic rings. The van der Waals surface area contributed by atoms with E-state index < -0.39 is 6.03 Å². The van der Waals surface area contributed by atoms with Gasteiger partial charge < -0.3 is 16.8 Å². The topological polar surface area (TPSA) is 98.2 Å². The molecule has 0 atom stereocenters. The summed E-state index contributed by atoms with van der Waals surface area (Å²) in [5.41, 5.74) is 9.06. The highest BCUT2D eigenvalue weighted by atomic mass is 16.2. The van der Waals surface area contributed by atoms with Crippen molar-refractivity contribution in [2.24, 2.45) is 11.5 Å². The minimum Gasteiger partial charge on any atom is -0.353 e. The molecule has 0 fully saturated rings. The lowest BCUT2D eigenvalue weighted by atomic mass is 10.3. The Morgan fingerprint density at radius 2 is 1.75 bits per heavy atom. The van der Waals surface area contributed by atoms with Gasteiger partial charge in [0.2, 0.25) is 5.91 Å². The van der Waals surface area contributed by atoms with Crippen molar-refractivity contribution in [2.45, 2.75) is 13.8 Å². The van der Waals surface area contributed by atoms with Crippen molar-refractivity contribution in [1.29, 1.82) is 0 Å². The molecule has 0 radical (unpaired) electrons. The van der Waals surface area contributed by atoms with Crippen LogP contribution in [0.4, 0.5) is 4.79 Å². The number of carbonyl (C=O) groups excluding carboxylic acids is 2. The van der Waals surface area contributed by atoms with Gasteiger partial charge in [0.15, 0.2) is 0 Å². The predicted octanol–water partition coefficient (Wildman–Crippen LogP) is -0.278. The van der Waals surface area contributed by atoms with E-state index in [1.54, 1.807) is 6.92 Å². The van der Waals surface area contributed by atoms with Crippen LogP contribution in [-0.2, 0) is 4.79 Å². The van der Waals surface area contributed by atoms with E-state index >= 15 is 0 Å². The second-order valence-corrected chi connectivity index (χ2v) is 2.04. The molecule has 12 heavy (non-hydrogen) atoms. The number of amides is 3. The maximum atomic E-state index is 10.5. The Kier molecular flexibility index (Phi) is 8.28. The summed E-state index contributed by atoms with van der Waals surface area (Å²) in [6.45, 7) is 7.70. The first kappa shape index (κ1) is 13.1. The molecule has 0 rings (SSSR count). The molecule has 5 N–H and O–H groups in total. The van der Waals surface area contributed by atoms with Gasteiger partial charge in [-0.25, -0.2) is 4.79 Å². The summed E-state index contributed by atoms with van der Waals surface area (Å²) < 4.78 is 0. The lowest BCUT2D eigenvalue weighted by Crippen LogP contribution is -2.22. The first-order valence-electron chi connectivity index (χ1n) is 3.40. The van der Waals surface area contributed by atoms with E-state index in [-0.39, 0.29) is 5.91 Å². The summed E-state index contributed by atoms with van der Waals surface area (Å²) in [7, 11) is 0. The van der Waals surface area contributed by atoms with Crippen LogP contribution in [0.1, 0.15) is 13.8 Å². The number of nitrogens with two attached hydrogens (primary N) is 2. The average Bonchev–Trinajstić information content (AvgIpc) is 1.86. The second-order valence-electron chi connectivity index (χ2n) is 2.04. The highest BCUT2D eigenvalue weighted by molar-refractivity contribution is 5.91. The van der Waals surface area contributed by atoms with Crippen LogP contribution < -0.4 is 16.8 Å². The van der Waals surface area contributed by atoms with Crippen LogP contribution in [0.2, 0.25) is 0 Å². The van der Waals surface area contributed by atoms with E-state index in [4.69, 9.17) is 4.79 Å². The number of rotatable bonds is 2. The molecule has 0 bridgehead atoms. The smallest absolute Gasteiger partial charge is 0.309 e. The number of hydrogen-bond donors (Lipinski definition) is 3. The Bertz CT molecular complexity index is 173. The second kappa shape index (κ2) is 7.59. The Balaban J connectivity index is 0. The van der Waals surface area contributed by atoms with E-state index in [0.29, 0.717) is 12.1 Å². The van der Waals surface area contributed by atoms with Crippen LogP contribution in [0, 0.1) is 0 Å². The lowest BCUT2D eigenvalue weighted by molar-refractivity contribution is -0.117. The molecule has 0 aromatic heterocycles. The molecule has 0 aliphatic heterocycles. The van der Waals surface area contributed by atoms with Gasteiger partial charge in [-0.2, -0.15) is 0 Å². The zero-order valence-electron chi connectivity index (χ0n) is 7.39. The van der Waals surface area contributed by atoms with Gasteiger partial charge >= 0.3 is 6.03 Å². The Labute approximate surface area is 71.8 Å². The van der Waals surface area contributed by atoms with E-state index in [2.05, 4.69) is 23.4 Å². The predicted molar refractivity (Wildman–Crippen MR) is 47.3 cm³/mol. The average molecular weight is 173 g/mol. The molecule has 0 unspecified atom stereocenters. The SMILES string of the molecule is C=C(C)C(=O)NCC.NC(N)=O. The van der Waals surface area contributed by atoms with Crippen LogP contribution in [0.15, 0.2) is 12.2 Å². The van der Waals surface area contributed by atoms with Gasteiger partial charge in [-0.05, 0) is 13.8 Å². The zero-order chi connectivity index (χ0) is 10.1. The maximum absolute atomic E-state index is 10.5. The fourth-order valence-electron chi connectivity index (χ4n) is 0.311. The summed E-state index contributed by atoms with van der Waals surface area (Å²) in [5.74, 6) is -0.0625. The number of carbonyl (C=O) groups is 2. The molecule has 3 amide bonds. The van der Waals surface area contributed by atoms with Crippen LogP contribution in [0.3, 0.4) is 0 Å². The maximum Gasteiger partial charge on any atom is 0.309 e. The monoisotopic (exact) mass is 173 g/mol. The number of primary amides is 2. The number of hydrogen-bond acceptors (Lipinski definition) is 2. The van der Waals surface area contributed by atoms with Gasteiger partial charge in [0, 0.05) is 12.1 Å². The molecule has 0 saturated carbocycles. The minimum atomic E-state index is -0.833. The van der Waals surface area contributed by atoms with Crippen LogP contribution in [0.25, 0.3) is 0 Å². The van der Waals surface area contributed by atoms with Gasteiger partial charge in [-0.1, -0.05) is 6.58 Å². The van der Waals surface area contributed by atoms with Crippen molar-refractivity contribution < 1.29 is 9.59 Å². The minimum absolute atomic E-state index is 0.0625. The van der Waals surface area contributed by atoms with Gasteiger partial charge in [-0.3, -0.25) is 4.79 Å². The first-order chi connectivity index (χ1) is 5.41. The molecular formula is C7H15N3O2. The van der Waals surface area contributed by atoms with Crippen molar-refractivity contribution in [3.05, 3.63) is 12.2 Å². The molecular weight excluding hydrogens is 158 g/mol. The van der Waals surface area contributed by atoms with Gasteiger partial charge in [0.25, 0.3) is 0 Å². The molecule has 5 heteroatoms. The van der Waals surface area contributed by atoms with Gasteiger partial charge in [0.05, 0.1) is 0 Å². The molecule has 0 heterocycles. The Morgan fingerprint density at radius 1 is 1.42 bits per heavy atom. The summed E-state index contributed by atoms with van der Waals surface area (Å²) in [5, 5.41) is 2.61. The van der Waals surface area contributed by atoms with E-state index in [1.165, 1.54) is 0 Å². The lowest BCUT2D eigenvalue weighted by Gasteiger charge is -1.97. The molecule has 0 aliphatic rings. The molecule has 5 nitrogen and oxygen atoms in total. The van der Waals surface area contributed by atoms with E-state index in [1.807, 2.05) is 6.92 Å². The fourth-order valence-corrected chi connectivity index (χ4v) is 0.311. The molecule has 70 valence electrons. The number of nitrogens with one attached hydrogen (secondary N) is 1. The molecule has 0 aliphatic carbocycles. The largest absolute Gasteiger partial charge is 0.353 e. The standard InChI is InChI=1S/C6H11NO.CH4N2O/c1-4-7-6(8)5(2)3;2-1(3)4/h2,4H2,1,3H3,(H,7,8);(H4,2,3,4). The van der Waals surface area contributed by atoms with E-state index in [9.17, 15) is 4.79 Å². The summed E-state index contributed by atoms with van der Waals surface area (Å²) >= 11 is 0. The zero-order valence-corrected chi connectivity index (χ0v) is 7.39. The van der Waals surface area contributed by atoms with Crippen molar-refractivity contribution in [2.75, 3.05) is 6.54 Å². The van der Waals surface area contributed by atoms with Gasteiger partial charge in [-0.15, -0.1) is 0 Å². The van der Waals surface area contributed by atoms with Crippen molar-refractivity contribution >= 4 is 11.9 Å². The third-order valence-corrected chi connectivity index (χ3v) is 0.725. The Morgan fingerprint density at radius 3 is 1.83 bits per heavy atom. The summed E-state index contributed by atoms with van der Waals surface area (Å²) in [6, 6.07) is -0.833. The van der Waals surface area contributed by atoms with Crippen LogP contribution >= 0.6 is 0 Å². The van der Waals surface area contributed by atoms with E-state index in [0.717, 1.165) is 0 Å². The summed E-state index contributed by atoms with van der Waals surface area (Å²) in [4.78, 5) is 19.5. The van der Waals surface area contributed by atoms with Crippen molar-refractivity contribution in [3.63, 3.8) is 0 Å². The van der Waals surface area contributed by atoms with Crippen molar-refractivity contribution in [1.82, 2.24) is 5.32 Å². The summed E-state index contributed by atoms with van der Waals surface area (Å²) in [6.07, 6.45) is 0. The third-order valence-electron chi connectivity index (χ3n) is 0.725. The highest BCUT2D eigenvalue weighted by Crippen LogP contribution is 1.82. The molecule has 0 saturated heterocycles. The quantitative estimate of drug-likeness (QED) is 0.500. The first-order valence-corrected chi connectivity index (χ1v) is 3.40. The van der Waals surface area contributed by atoms with Crippen LogP contribution in [0.5, 0.6) is 0 Å². The normalized spacial score (nSPS) is 7.50.